The van der Waals surface area contributed by atoms with Crippen molar-refractivity contribution in [2.45, 2.75) is 11.8 Å². The minimum absolute atomic E-state index is 0.0239. The van der Waals surface area contributed by atoms with E-state index in [4.69, 9.17) is 16.3 Å². The molecule has 0 fully saturated rings. The quantitative estimate of drug-likeness (QED) is 0.857. The van der Waals surface area contributed by atoms with E-state index in [1.807, 2.05) is 6.92 Å². The molecule has 8 heteroatoms. The SMILES string of the molecule is CCOc1ccc(NS(=O)(=O)c2ccc(Cl)nc2)cn1. The summed E-state index contributed by atoms with van der Waals surface area (Å²) < 4.78 is 31.7. The maximum atomic E-state index is 12.1. The molecule has 0 aromatic carbocycles. The fourth-order valence-electron chi connectivity index (χ4n) is 1.41. The van der Waals surface area contributed by atoms with Crippen LogP contribution in [0.2, 0.25) is 5.15 Å². The van der Waals surface area contributed by atoms with Crippen LogP contribution in [-0.2, 0) is 10.0 Å². The van der Waals surface area contributed by atoms with E-state index in [-0.39, 0.29) is 10.0 Å². The maximum Gasteiger partial charge on any atom is 0.263 e. The van der Waals surface area contributed by atoms with Crippen molar-refractivity contribution in [3.05, 3.63) is 41.8 Å². The molecule has 0 atom stereocenters. The number of aromatic nitrogens is 2. The minimum Gasteiger partial charge on any atom is -0.478 e. The number of nitrogens with one attached hydrogen (secondary N) is 1. The molecule has 0 saturated heterocycles. The second kappa shape index (κ2) is 6.06. The van der Waals surface area contributed by atoms with E-state index in [9.17, 15) is 8.42 Å². The summed E-state index contributed by atoms with van der Waals surface area (Å²) in [5.41, 5.74) is 0.336. The summed E-state index contributed by atoms with van der Waals surface area (Å²) in [5, 5.41) is 0.228. The Morgan fingerprint density at radius 1 is 1.20 bits per heavy atom. The highest BCUT2D eigenvalue weighted by molar-refractivity contribution is 7.92. The van der Waals surface area contributed by atoms with Gasteiger partial charge in [-0.05, 0) is 25.1 Å². The van der Waals surface area contributed by atoms with Crippen LogP contribution >= 0.6 is 11.6 Å². The number of ether oxygens (including phenoxy) is 1. The lowest BCUT2D eigenvalue weighted by Gasteiger charge is -2.08. The van der Waals surface area contributed by atoms with Crippen LogP contribution in [0, 0.1) is 0 Å². The second-order valence-electron chi connectivity index (χ2n) is 3.74. The largest absolute Gasteiger partial charge is 0.478 e. The van der Waals surface area contributed by atoms with Crippen LogP contribution in [-0.4, -0.2) is 25.0 Å². The fraction of sp³-hybridized carbons (Fsp3) is 0.167. The van der Waals surface area contributed by atoms with Crippen molar-refractivity contribution >= 4 is 27.3 Å². The number of halogens is 1. The summed E-state index contributed by atoms with van der Waals surface area (Å²) in [4.78, 5) is 7.73. The van der Waals surface area contributed by atoms with Crippen molar-refractivity contribution < 1.29 is 13.2 Å². The first-order valence-electron chi connectivity index (χ1n) is 5.74. The molecular formula is C12H12ClN3O3S. The van der Waals surface area contributed by atoms with Crippen LogP contribution in [0.1, 0.15) is 6.92 Å². The molecule has 0 spiro atoms. The Kier molecular flexibility index (Phi) is 4.41. The zero-order valence-corrected chi connectivity index (χ0v) is 12.1. The fourth-order valence-corrected chi connectivity index (χ4v) is 2.51. The first kappa shape index (κ1) is 14.5. The molecule has 0 amide bonds. The monoisotopic (exact) mass is 313 g/mol. The van der Waals surface area contributed by atoms with Gasteiger partial charge in [0, 0.05) is 12.3 Å². The van der Waals surface area contributed by atoms with Gasteiger partial charge in [0.1, 0.15) is 10.0 Å². The van der Waals surface area contributed by atoms with Crippen molar-refractivity contribution in [3.63, 3.8) is 0 Å². The molecule has 0 radical (unpaired) electrons. The van der Waals surface area contributed by atoms with Gasteiger partial charge in [-0.15, -0.1) is 0 Å². The average Bonchev–Trinajstić information content (AvgIpc) is 2.41. The molecule has 0 aliphatic heterocycles. The zero-order chi connectivity index (χ0) is 14.6. The number of rotatable bonds is 5. The molecule has 1 N–H and O–H groups in total. The van der Waals surface area contributed by atoms with Crippen molar-refractivity contribution in [1.82, 2.24) is 9.97 Å². The molecule has 20 heavy (non-hydrogen) atoms. The first-order valence-corrected chi connectivity index (χ1v) is 7.60. The van der Waals surface area contributed by atoms with Gasteiger partial charge in [0.2, 0.25) is 5.88 Å². The van der Waals surface area contributed by atoms with Crippen LogP contribution in [0.4, 0.5) is 5.69 Å². The Balaban J connectivity index is 2.17. The number of pyridine rings is 2. The molecule has 0 aliphatic carbocycles. The van der Waals surface area contributed by atoms with Gasteiger partial charge in [-0.2, -0.15) is 0 Å². The molecule has 0 saturated carbocycles. The molecule has 0 unspecified atom stereocenters. The van der Waals surface area contributed by atoms with E-state index in [1.165, 1.54) is 24.5 Å². The Labute approximate surface area is 121 Å². The summed E-state index contributed by atoms with van der Waals surface area (Å²) in [6, 6.07) is 5.94. The number of hydrogen-bond donors (Lipinski definition) is 1. The van der Waals surface area contributed by atoms with Crippen molar-refractivity contribution in [1.29, 1.82) is 0 Å². The van der Waals surface area contributed by atoms with Crippen LogP contribution in [0.15, 0.2) is 41.6 Å². The molecule has 2 aromatic rings. The highest BCUT2D eigenvalue weighted by Gasteiger charge is 2.14. The Morgan fingerprint density at radius 2 is 2.00 bits per heavy atom. The summed E-state index contributed by atoms with van der Waals surface area (Å²) in [7, 11) is -3.71. The third-order valence-corrected chi connectivity index (χ3v) is 3.88. The highest BCUT2D eigenvalue weighted by atomic mass is 35.5. The molecule has 6 nitrogen and oxygen atoms in total. The molecule has 106 valence electrons. The van der Waals surface area contributed by atoms with Gasteiger partial charge in [0.05, 0.1) is 18.5 Å². The molecule has 2 aromatic heterocycles. The number of hydrogen-bond acceptors (Lipinski definition) is 5. The van der Waals surface area contributed by atoms with Gasteiger partial charge in [-0.25, -0.2) is 18.4 Å². The normalized spacial score (nSPS) is 11.1. The van der Waals surface area contributed by atoms with Gasteiger partial charge in [-0.1, -0.05) is 11.6 Å². The molecule has 0 aliphatic rings. The molecule has 0 bridgehead atoms. The summed E-state index contributed by atoms with van der Waals surface area (Å²) in [6.07, 6.45) is 2.57. The van der Waals surface area contributed by atoms with Crippen LogP contribution in [0.5, 0.6) is 5.88 Å². The van der Waals surface area contributed by atoms with Crippen molar-refractivity contribution in [2.24, 2.45) is 0 Å². The Bertz CT molecular complexity index is 672. The summed E-state index contributed by atoms with van der Waals surface area (Å²) in [6.45, 7) is 2.33. The minimum atomic E-state index is -3.71. The van der Waals surface area contributed by atoms with Crippen molar-refractivity contribution in [2.75, 3.05) is 11.3 Å². The lowest BCUT2D eigenvalue weighted by molar-refractivity contribution is 0.327. The molecular weight excluding hydrogens is 302 g/mol. The van der Waals surface area contributed by atoms with E-state index in [1.54, 1.807) is 12.1 Å². The topological polar surface area (TPSA) is 81.2 Å². The van der Waals surface area contributed by atoms with Gasteiger partial charge < -0.3 is 4.74 Å². The van der Waals surface area contributed by atoms with Gasteiger partial charge in [0.25, 0.3) is 10.0 Å². The van der Waals surface area contributed by atoms with E-state index in [0.29, 0.717) is 18.2 Å². The number of nitrogens with zero attached hydrogens (tertiary/aromatic N) is 2. The molecule has 2 heterocycles. The highest BCUT2D eigenvalue weighted by Crippen LogP contribution is 2.17. The van der Waals surface area contributed by atoms with Crippen LogP contribution in [0.3, 0.4) is 0 Å². The lowest BCUT2D eigenvalue weighted by Crippen LogP contribution is -2.13. The summed E-state index contributed by atoms with van der Waals surface area (Å²) >= 11 is 5.62. The first-order chi connectivity index (χ1) is 9.51. The van der Waals surface area contributed by atoms with Crippen LogP contribution in [0.25, 0.3) is 0 Å². The standard InChI is InChI=1S/C12H12ClN3O3S/c1-2-19-12-6-3-9(7-15-12)16-20(17,18)10-4-5-11(13)14-8-10/h3-8,16H,2H2,1H3. The number of anilines is 1. The predicted molar refractivity (Wildman–Crippen MR) is 75.5 cm³/mol. The van der Waals surface area contributed by atoms with Crippen molar-refractivity contribution in [3.8, 4) is 5.88 Å². The molecule has 2 rings (SSSR count). The van der Waals surface area contributed by atoms with Gasteiger partial charge in [-0.3, -0.25) is 4.72 Å². The van der Waals surface area contributed by atoms with E-state index in [2.05, 4.69) is 14.7 Å². The van der Waals surface area contributed by atoms with E-state index in [0.717, 1.165) is 0 Å². The van der Waals surface area contributed by atoms with Gasteiger partial charge >= 0.3 is 0 Å². The smallest absolute Gasteiger partial charge is 0.263 e. The van der Waals surface area contributed by atoms with Crippen LogP contribution < -0.4 is 9.46 Å². The average molecular weight is 314 g/mol. The third-order valence-electron chi connectivity index (χ3n) is 2.29. The van der Waals surface area contributed by atoms with Gasteiger partial charge in [0.15, 0.2) is 0 Å². The Morgan fingerprint density at radius 3 is 2.55 bits per heavy atom. The van der Waals surface area contributed by atoms with E-state index >= 15 is 0 Å². The second-order valence-corrected chi connectivity index (χ2v) is 5.81. The third kappa shape index (κ3) is 3.58. The maximum absolute atomic E-state index is 12.1. The Hall–Kier alpha value is -1.86. The summed E-state index contributed by atoms with van der Waals surface area (Å²) in [5.74, 6) is 0.434. The number of sulfonamides is 1. The van der Waals surface area contributed by atoms with E-state index < -0.39 is 10.0 Å². The zero-order valence-electron chi connectivity index (χ0n) is 10.6. The lowest BCUT2D eigenvalue weighted by atomic mass is 10.4. The predicted octanol–water partition coefficient (Wildman–Crippen LogP) is 2.33.